The first-order valence-corrected chi connectivity index (χ1v) is 11.6. The third kappa shape index (κ3) is 3.91. The van der Waals surface area contributed by atoms with Gasteiger partial charge in [-0.15, -0.1) is 0 Å². The van der Waals surface area contributed by atoms with E-state index in [-0.39, 0.29) is 0 Å². The minimum atomic E-state index is 0.310. The number of rotatable bonds is 4. The number of carbonyl (C=O) groups excluding carboxylic acids is 1. The Hall–Kier alpha value is -2.18. The number of carbonyl (C=O) groups is 1. The van der Waals surface area contributed by atoms with Gasteiger partial charge in [-0.25, -0.2) is 4.68 Å². The average Bonchev–Trinajstić information content (AvgIpc) is 3.33. The van der Waals surface area contributed by atoms with E-state index in [1.807, 2.05) is 23.1 Å². The Balaban J connectivity index is 1.19. The summed E-state index contributed by atoms with van der Waals surface area (Å²) in [5, 5.41) is 4.33. The van der Waals surface area contributed by atoms with Crippen molar-refractivity contribution >= 4 is 5.91 Å². The van der Waals surface area contributed by atoms with Crippen molar-refractivity contribution in [2.24, 2.45) is 0 Å². The molecular formula is C24H33N5O. The van der Waals surface area contributed by atoms with E-state index in [0.29, 0.717) is 18.5 Å². The number of fused-ring (bicyclic) bond motifs is 2. The molecule has 0 spiro atoms. The Morgan fingerprint density at radius 1 is 1.17 bits per heavy atom. The van der Waals surface area contributed by atoms with Crippen molar-refractivity contribution in [3.8, 4) is 5.69 Å². The van der Waals surface area contributed by atoms with Crippen molar-refractivity contribution < 1.29 is 4.79 Å². The van der Waals surface area contributed by atoms with Crippen LogP contribution in [0.15, 0.2) is 36.7 Å². The Morgan fingerprint density at radius 2 is 2.10 bits per heavy atom. The lowest BCUT2D eigenvalue weighted by molar-refractivity contribution is -0.137. The monoisotopic (exact) mass is 407 g/mol. The number of piperidine rings is 1. The zero-order valence-corrected chi connectivity index (χ0v) is 18.0. The van der Waals surface area contributed by atoms with Gasteiger partial charge >= 0.3 is 0 Å². The molecule has 6 heteroatoms. The summed E-state index contributed by atoms with van der Waals surface area (Å²) < 4.78 is 1.91. The number of nitrogens with zero attached hydrogens (tertiary/aromatic N) is 5. The number of hydrogen-bond acceptors (Lipinski definition) is 4. The van der Waals surface area contributed by atoms with Gasteiger partial charge in [0.2, 0.25) is 5.91 Å². The molecule has 0 aliphatic carbocycles. The molecule has 3 aliphatic heterocycles. The Bertz CT molecular complexity index is 880. The van der Waals surface area contributed by atoms with E-state index in [9.17, 15) is 4.79 Å². The highest BCUT2D eigenvalue weighted by Crippen LogP contribution is 2.28. The van der Waals surface area contributed by atoms with Crippen molar-refractivity contribution in [2.45, 2.75) is 57.7 Å². The molecule has 0 saturated carbocycles. The van der Waals surface area contributed by atoms with Crippen LogP contribution in [0.2, 0.25) is 0 Å². The summed E-state index contributed by atoms with van der Waals surface area (Å²) in [7, 11) is 0. The van der Waals surface area contributed by atoms with E-state index in [4.69, 9.17) is 0 Å². The first-order valence-electron chi connectivity index (χ1n) is 11.6. The topological polar surface area (TPSA) is 44.6 Å². The first kappa shape index (κ1) is 19.8. The van der Waals surface area contributed by atoms with E-state index in [2.05, 4.69) is 44.9 Å². The summed E-state index contributed by atoms with van der Waals surface area (Å²) in [6.07, 6.45) is 9.90. The number of aromatic nitrogens is 2. The van der Waals surface area contributed by atoms with E-state index in [1.54, 1.807) is 0 Å². The van der Waals surface area contributed by atoms with Crippen LogP contribution in [0.4, 0.5) is 0 Å². The minimum Gasteiger partial charge on any atom is -0.339 e. The van der Waals surface area contributed by atoms with Gasteiger partial charge in [-0.1, -0.05) is 19.4 Å². The molecule has 2 saturated heterocycles. The summed E-state index contributed by atoms with van der Waals surface area (Å²) in [6, 6.07) is 9.82. The van der Waals surface area contributed by atoms with Crippen LogP contribution in [0.3, 0.4) is 0 Å². The van der Waals surface area contributed by atoms with Crippen LogP contribution >= 0.6 is 0 Å². The molecule has 1 aromatic heterocycles. The molecule has 4 heterocycles. The normalized spacial score (nSPS) is 25.0. The zero-order chi connectivity index (χ0) is 20.5. The molecule has 1 aromatic carbocycles. The van der Waals surface area contributed by atoms with Gasteiger partial charge in [-0.3, -0.25) is 14.6 Å². The lowest BCUT2D eigenvalue weighted by atomic mass is 9.92. The van der Waals surface area contributed by atoms with E-state index >= 15 is 0 Å². The lowest BCUT2D eigenvalue weighted by Gasteiger charge is -2.48. The largest absolute Gasteiger partial charge is 0.339 e. The second-order valence-corrected chi connectivity index (χ2v) is 9.09. The van der Waals surface area contributed by atoms with Crippen LogP contribution in [-0.4, -0.2) is 75.2 Å². The van der Waals surface area contributed by atoms with Crippen LogP contribution in [0, 0.1) is 0 Å². The van der Waals surface area contributed by atoms with Crippen LogP contribution in [-0.2, 0) is 17.8 Å². The fourth-order valence-electron chi connectivity index (χ4n) is 5.62. The van der Waals surface area contributed by atoms with Gasteiger partial charge < -0.3 is 4.90 Å². The summed E-state index contributed by atoms with van der Waals surface area (Å²) in [6.45, 7) is 7.52. The summed E-state index contributed by atoms with van der Waals surface area (Å²) >= 11 is 0. The fraction of sp³-hybridized carbons (Fsp3) is 0.583. The highest BCUT2D eigenvalue weighted by molar-refractivity contribution is 5.78. The van der Waals surface area contributed by atoms with Crippen molar-refractivity contribution in [1.82, 2.24) is 24.5 Å². The molecule has 2 fully saturated rings. The van der Waals surface area contributed by atoms with Crippen LogP contribution in [0.1, 0.15) is 43.7 Å². The van der Waals surface area contributed by atoms with E-state index in [0.717, 1.165) is 50.9 Å². The zero-order valence-electron chi connectivity index (χ0n) is 18.0. The Labute approximate surface area is 179 Å². The SMILES string of the molecule is CCC1CCC[C@H]2CN(C(=O)CN3CCc4cc(-n5cccn5)ccc4C3)CCN12. The van der Waals surface area contributed by atoms with Crippen LogP contribution in [0.5, 0.6) is 0 Å². The number of hydrogen-bond donors (Lipinski definition) is 0. The van der Waals surface area contributed by atoms with Crippen molar-refractivity contribution in [2.75, 3.05) is 32.7 Å². The molecule has 1 amide bonds. The maximum atomic E-state index is 13.1. The van der Waals surface area contributed by atoms with Gasteiger partial charge in [0.05, 0.1) is 12.2 Å². The second kappa shape index (κ2) is 8.52. The molecule has 0 bridgehead atoms. The molecule has 0 radical (unpaired) electrons. The van der Waals surface area contributed by atoms with Gasteiger partial charge in [0, 0.05) is 57.2 Å². The molecular weight excluding hydrogens is 374 g/mol. The third-order valence-electron chi connectivity index (χ3n) is 7.30. The quantitative estimate of drug-likeness (QED) is 0.782. The van der Waals surface area contributed by atoms with Gasteiger partial charge in [-0.2, -0.15) is 5.10 Å². The average molecular weight is 408 g/mol. The smallest absolute Gasteiger partial charge is 0.236 e. The third-order valence-corrected chi connectivity index (χ3v) is 7.30. The molecule has 0 N–H and O–H groups in total. The fourth-order valence-corrected chi connectivity index (χ4v) is 5.62. The molecule has 30 heavy (non-hydrogen) atoms. The van der Waals surface area contributed by atoms with Gasteiger partial charge in [0.25, 0.3) is 0 Å². The van der Waals surface area contributed by atoms with Crippen molar-refractivity contribution in [3.63, 3.8) is 0 Å². The van der Waals surface area contributed by atoms with Gasteiger partial charge in [0.15, 0.2) is 0 Å². The Morgan fingerprint density at radius 3 is 2.93 bits per heavy atom. The standard InChI is InChI=1S/C24H33N5O/c1-2-21-5-3-6-23-17-27(13-14-28(21)23)24(30)18-26-12-9-19-15-22(8-7-20(19)16-26)29-11-4-10-25-29/h4,7-8,10-11,15,21,23H,2-3,5-6,9,12-14,16-18H2,1H3/t21?,23-/m0/s1. The summed E-state index contributed by atoms with van der Waals surface area (Å²) in [5.41, 5.74) is 3.83. The lowest BCUT2D eigenvalue weighted by Crippen LogP contribution is -2.60. The van der Waals surface area contributed by atoms with Gasteiger partial charge in [0.1, 0.15) is 0 Å². The highest BCUT2D eigenvalue weighted by atomic mass is 16.2. The van der Waals surface area contributed by atoms with E-state index < -0.39 is 0 Å². The second-order valence-electron chi connectivity index (χ2n) is 9.09. The molecule has 5 rings (SSSR count). The predicted molar refractivity (Wildman–Crippen MR) is 118 cm³/mol. The maximum absolute atomic E-state index is 13.1. The van der Waals surface area contributed by atoms with Crippen molar-refractivity contribution in [3.05, 3.63) is 47.8 Å². The maximum Gasteiger partial charge on any atom is 0.236 e. The van der Waals surface area contributed by atoms with Crippen molar-refractivity contribution in [1.29, 1.82) is 0 Å². The molecule has 2 aromatic rings. The summed E-state index contributed by atoms with van der Waals surface area (Å²) in [5.74, 6) is 0.310. The first-order chi connectivity index (χ1) is 14.7. The predicted octanol–water partition coefficient (Wildman–Crippen LogP) is 2.71. The van der Waals surface area contributed by atoms with Crippen LogP contribution in [0.25, 0.3) is 5.69 Å². The molecule has 2 atom stereocenters. The minimum absolute atomic E-state index is 0.310. The number of amides is 1. The summed E-state index contributed by atoms with van der Waals surface area (Å²) in [4.78, 5) is 20.2. The molecule has 1 unspecified atom stereocenters. The number of benzene rings is 1. The highest BCUT2D eigenvalue weighted by Gasteiger charge is 2.35. The Kier molecular flexibility index (Phi) is 5.61. The molecule has 160 valence electrons. The molecule has 3 aliphatic rings. The van der Waals surface area contributed by atoms with Gasteiger partial charge in [-0.05, 0) is 55.0 Å². The molecule has 6 nitrogen and oxygen atoms in total. The van der Waals surface area contributed by atoms with E-state index in [1.165, 1.54) is 36.8 Å². The van der Waals surface area contributed by atoms with Crippen LogP contribution < -0.4 is 0 Å². The number of piperazine rings is 1.